The molecule has 2 unspecified atom stereocenters. The van der Waals surface area contributed by atoms with E-state index in [0.29, 0.717) is 0 Å². The van der Waals surface area contributed by atoms with Gasteiger partial charge in [-0.2, -0.15) is 0 Å². The van der Waals surface area contributed by atoms with E-state index >= 15 is 0 Å². The summed E-state index contributed by atoms with van der Waals surface area (Å²) in [5, 5.41) is 10.7. The third-order valence-corrected chi connectivity index (χ3v) is 3.57. The summed E-state index contributed by atoms with van der Waals surface area (Å²) >= 11 is 0. The van der Waals surface area contributed by atoms with Gasteiger partial charge in [0.25, 0.3) is 0 Å². The first-order valence-corrected chi connectivity index (χ1v) is 6.74. The van der Waals surface area contributed by atoms with Gasteiger partial charge in [-0.25, -0.2) is 0 Å². The maximum absolute atomic E-state index is 11.4. The maximum Gasteiger partial charge on any atom is 0.344 e. The minimum Gasteiger partial charge on any atom is -0.480 e. The van der Waals surface area contributed by atoms with Gasteiger partial charge in [0.05, 0.1) is 6.61 Å². The van der Waals surface area contributed by atoms with Crippen molar-refractivity contribution in [2.75, 3.05) is 6.61 Å². The molecular formula is C8H19BrN3O6P. The minimum atomic E-state index is -4.01. The largest absolute Gasteiger partial charge is 0.480 e. The number of amides is 1. The fourth-order valence-electron chi connectivity index (χ4n) is 0.763. The second-order valence-electron chi connectivity index (χ2n) is 3.78. The molecular weight excluding hydrogens is 345 g/mol. The zero-order valence-electron chi connectivity index (χ0n) is 10.5. The second kappa shape index (κ2) is 8.62. The van der Waals surface area contributed by atoms with Crippen LogP contribution in [0.1, 0.15) is 13.8 Å². The van der Waals surface area contributed by atoms with E-state index in [4.69, 9.17) is 16.6 Å². The molecule has 114 valence electrons. The summed E-state index contributed by atoms with van der Waals surface area (Å²) in [6.07, 6.45) is 0. The highest BCUT2D eigenvalue weighted by molar-refractivity contribution is 8.93. The highest BCUT2D eigenvalue weighted by atomic mass is 79.9. The molecule has 0 saturated carbocycles. The molecule has 0 spiro atoms. The van der Waals surface area contributed by atoms with Crippen molar-refractivity contribution in [1.82, 2.24) is 5.32 Å². The molecule has 0 rings (SSSR count). The number of carboxylic acids is 1. The van der Waals surface area contributed by atoms with Crippen LogP contribution in [-0.4, -0.2) is 46.3 Å². The Morgan fingerprint density at radius 3 is 2.21 bits per heavy atom. The summed E-state index contributed by atoms with van der Waals surface area (Å²) in [5.74, 6) is -3.12. The van der Waals surface area contributed by atoms with Crippen LogP contribution in [0.3, 0.4) is 0 Å². The zero-order chi connectivity index (χ0) is 14.5. The predicted octanol–water partition coefficient (Wildman–Crippen LogP) is -1.01. The Labute approximate surface area is 121 Å². The average molecular weight is 364 g/mol. The number of hydrogen-bond donors (Lipinski definition) is 5. The molecule has 4 atom stereocenters. The molecule has 0 radical (unpaired) electrons. The third kappa shape index (κ3) is 7.61. The third-order valence-electron chi connectivity index (χ3n) is 2.02. The molecule has 11 heteroatoms. The Hall–Kier alpha value is -0.510. The standard InChI is InChI=1S/C8H18N3O6P.BrH/c1-4(8(13)14)11-7(12)6(10)3-17-18(15,16)5(2)9;/h4-6H,3,9-10H2,1-2H3,(H,11,12)(H,13,14)(H,15,16);1H/t4-,5?,6-;/m0./s1. The van der Waals surface area contributed by atoms with Crippen LogP contribution in [0.5, 0.6) is 0 Å². The van der Waals surface area contributed by atoms with Crippen molar-refractivity contribution in [3.05, 3.63) is 0 Å². The lowest BCUT2D eigenvalue weighted by Crippen LogP contribution is -2.49. The van der Waals surface area contributed by atoms with Crippen LogP contribution in [-0.2, 0) is 18.7 Å². The zero-order valence-corrected chi connectivity index (χ0v) is 13.1. The average Bonchev–Trinajstić information content (AvgIpc) is 2.25. The molecule has 0 aliphatic heterocycles. The topological polar surface area (TPSA) is 165 Å². The second-order valence-corrected chi connectivity index (χ2v) is 5.98. The first-order valence-electron chi connectivity index (χ1n) is 5.09. The molecule has 0 aliphatic rings. The monoisotopic (exact) mass is 363 g/mol. The molecule has 0 heterocycles. The molecule has 0 aromatic carbocycles. The quantitative estimate of drug-likeness (QED) is 0.358. The van der Waals surface area contributed by atoms with E-state index in [2.05, 4.69) is 9.84 Å². The summed E-state index contributed by atoms with van der Waals surface area (Å²) < 4.78 is 15.9. The highest BCUT2D eigenvalue weighted by Crippen LogP contribution is 2.44. The van der Waals surface area contributed by atoms with Crippen LogP contribution < -0.4 is 16.8 Å². The number of carboxylic acid groups (broad SMARTS) is 1. The first-order chi connectivity index (χ1) is 8.08. The molecule has 0 bridgehead atoms. The van der Waals surface area contributed by atoms with E-state index in [1.807, 2.05) is 0 Å². The van der Waals surface area contributed by atoms with E-state index < -0.39 is 43.9 Å². The molecule has 7 N–H and O–H groups in total. The van der Waals surface area contributed by atoms with Crippen LogP contribution in [0.15, 0.2) is 0 Å². The van der Waals surface area contributed by atoms with Crippen molar-refractivity contribution in [2.45, 2.75) is 31.7 Å². The summed E-state index contributed by atoms with van der Waals surface area (Å²) in [7, 11) is -4.01. The number of halogens is 1. The Kier molecular flexibility index (Phi) is 9.44. The van der Waals surface area contributed by atoms with E-state index in [-0.39, 0.29) is 17.0 Å². The van der Waals surface area contributed by atoms with Crippen molar-refractivity contribution in [2.24, 2.45) is 11.5 Å². The lowest BCUT2D eigenvalue weighted by molar-refractivity contribution is -0.141. The van der Waals surface area contributed by atoms with Gasteiger partial charge in [0.1, 0.15) is 17.9 Å². The number of carbonyl (C=O) groups is 2. The van der Waals surface area contributed by atoms with Crippen molar-refractivity contribution in [3.63, 3.8) is 0 Å². The van der Waals surface area contributed by atoms with Gasteiger partial charge in [-0.1, -0.05) is 0 Å². The van der Waals surface area contributed by atoms with Crippen molar-refractivity contribution in [1.29, 1.82) is 0 Å². The number of hydrogen-bond acceptors (Lipinski definition) is 6. The summed E-state index contributed by atoms with van der Waals surface area (Å²) in [4.78, 5) is 31.1. The van der Waals surface area contributed by atoms with Gasteiger partial charge in [0.15, 0.2) is 0 Å². The van der Waals surface area contributed by atoms with Crippen LogP contribution in [0.25, 0.3) is 0 Å². The number of nitrogens with one attached hydrogen (secondary N) is 1. The van der Waals surface area contributed by atoms with Crippen LogP contribution in [0, 0.1) is 0 Å². The lowest BCUT2D eigenvalue weighted by atomic mass is 10.2. The molecule has 0 aromatic rings. The molecule has 1 amide bonds. The van der Waals surface area contributed by atoms with Gasteiger partial charge in [-0.15, -0.1) is 17.0 Å². The lowest BCUT2D eigenvalue weighted by Gasteiger charge is -2.19. The molecule has 19 heavy (non-hydrogen) atoms. The number of aliphatic carboxylic acids is 1. The van der Waals surface area contributed by atoms with Gasteiger partial charge in [0.2, 0.25) is 5.91 Å². The number of rotatable bonds is 7. The van der Waals surface area contributed by atoms with Crippen LogP contribution >= 0.6 is 24.6 Å². The number of carbonyl (C=O) groups excluding carboxylic acids is 1. The smallest absolute Gasteiger partial charge is 0.344 e. The Bertz CT molecular complexity index is 366. The Morgan fingerprint density at radius 1 is 1.37 bits per heavy atom. The van der Waals surface area contributed by atoms with Gasteiger partial charge in [-0.3, -0.25) is 14.2 Å². The first kappa shape index (κ1) is 20.8. The normalized spacial score (nSPS) is 18.4. The fourth-order valence-corrected chi connectivity index (χ4v) is 1.37. The van der Waals surface area contributed by atoms with Crippen molar-refractivity contribution in [3.8, 4) is 0 Å². The minimum absolute atomic E-state index is 0. The Morgan fingerprint density at radius 2 is 1.84 bits per heavy atom. The van der Waals surface area contributed by atoms with E-state index in [0.717, 1.165) is 0 Å². The Balaban J connectivity index is 0. The molecule has 0 fully saturated rings. The van der Waals surface area contributed by atoms with Crippen molar-refractivity contribution < 1.29 is 28.7 Å². The van der Waals surface area contributed by atoms with Crippen molar-refractivity contribution >= 4 is 36.5 Å². The van der Waals surface area contributed by atoms with Gasteiger partial charge >= 0.3 is 13.6 Å². The highest BCUT2D eigenvalue weighted by Gasteiger charge is 2.28. The van der Waals surface area contributed by atoms with E-state index in [1.54, 1.807) is 0 Å². The molecule has 0 aliphatic carbocycles. The van der Waals surface area contributed by atoms with Gasteiger partial charge < -0.3 is 31.3 Å². The van der Waals surface area contributed by atoms with Gasteiger partial charge in [0, 0.05) is 0 Å². The number of nitrogens with two attached hydrogens (primary N) is 2. The van der Waals surface area contributed by atoms with Crippen LogP contribution in [0.4, 0.5) is 0 Å². The maximum atomic E-state index is 11.4. The molecule has 0 saturated heterocycles. The SMILES string of the molecule is Br.CC(N)P(=O)(O)OC[C@H](N)C(=O)N[C@@H](C)C(=O)O. The molecule has 9 nitrogen and oxygen atoms in total. The summed E-state index contributed by atoms with van der Waals surface area (Å²) in [6.45, 7) is 2.00. The molecule has 0 aromatic heterocycles. The summed E-state index contributed by atoms with van der Waals surface area (Å²) in [6, 6.07) is -2.37. The van der Waals surface area contributed by atoms with E-state index in [9.17, 15) is 19.0 Å². The fraction of sp³-hybridized carbons (Fsp3) is 0.750. The summed E-state index contributed by atoms with van der Waals surface area (Å²) in [5.41, 5.74) is 10.6. The van der Waals surface area contributed by atoms with E-state index in [1.165, 1.54) is 13.8 Å². The predicted molar refractivity (Wildman–Crippen MR) is 73.0 cm³/mol. The van der Waals surface area contributed by atoms with Gasteiger partial charge in [-0.05, 0) is 13.8 Å². The van der Waals surface area contributed by atoms with Crippen LogP contribution in [0.2, 0.25) is 0 Å².